The van der Waals surface area contributed by atoms with Gasteiger partial charge in [-0.3, -0.25) is 0 Å². The molecule has 138 valence electrons. The van der Waals surface area contributed by atoms with E-state index in [-0.39, 0.29) is 10.8 Å². The molecule has 0 N–H and O–H groups in total. The van der Waals surface area contributed by atoms with Crippen LogP contribution in [0.2, 0.25) is 0 Å². The van der Waals surface area contributed by atoms with E-state index in [1.54, 1.807) is 0 Å². The van der Waals surface area contributed by atoms with E-state index in [1.165, 1.54) is 32.1 Å². The lowest BCUT2D eigenvalue weighted by molar-refractivity contribution is 0.180. The number of hydrogen-bond acceptors (Lipinski definition) is 1. The summed E-state index contributed by atoms with van der Waals surface area (Å²) in [6.45, 7) is 16.1. The summed E-state index contributed by atoms with van der Waals surface area (Å²) in [5.41, 5.74) is 5.38. The highest BCUT2D eigenvalue weighted by atomic mass is 32.2. The van der Waals surface area contributed by atoms with Gasteiger partial charge in [0.2, 0.25) is 0 Å². The first-order valence-electron chi connectivity index (χ1n) is 9.76. The maximum Gasteiger partial charge on any atom is 0.0529 e. The molecule has 0 heterocycles. The van der Waals surface area contributed by atoms with E-state index in [9.17, 15) is 0 Å². The van der Waals surface area contributed by atoms with Gasteiger partial charge in [-0.1, -0.05) is 116 Å². The monoisotopic (exact) mass is 372 g/mol. The van der Waals surface area contributed by atoms with Crippen molar-refractivity contribution in [2.24, 2.45) is 11.3 Å². The van der Waals surface area contributed by atoms with Crippen molar-refractivity contribution in [1.29, 1.82) is 0 Å². The molecule has 3 atom stereocenters. The third-order valence-corrected chi connectivity index (χ3v) is 7.92. The molecule has 3 aliphatic rings. The number of benzene rings is 1. The molecule has 2 unspecified atom stereocenters. The third-order valence-electron chi connectivity index (χ3n) is 6.62. The molecule has 0 aliphatic heterocycles. The molecule has 27 heavy (non-hydrogen) atoms. The van der Waals surface area contributed by atoms with Crippen molar-refractivity contribution in [3.05, 3.63) is 106 Å². The summed E-state index contributed by atoms with van der Waals surface area (Å²) < 4.78 is 0. The van der Waals surface area contributed by atoms with Crippen molar-refractivity contribution in [3.63, 3.8) is 0 Å². The van der Waals surface area contributed by atoms with E-state index in [1.807, 2.05) is 11.8 Å². The molecule has 0 radical (unpaired) electrons. The van der Waals surface area contributed by atoms with Gasteiger partial charge in [0.25, 0.3) is 0 Å². The molecular weight excluding hydrogens is 344 g/mol. The maximum atomic E-state index is 4.66. The van der Waals surface area contributed by atoms with Crippen LogP contribution in [0, 0.1) is 11.3 Å². The van der Waals surface area contributed by atoms with E-state index >= 15 is 0 Å². The summed E-state index contributed by atoms with van der Waals surface area (Å²) in [6.07, 6.45) is 13.3. The summed E-state index contributed by atoms with van der Waals surface area (Å²) in [4.78, 5) is 2.61. The summed E-state index contributed by atoms with van der Waals surface area (Å²) in [5, 5.41) is 0. The lowest BCUT2D eigenvalue weighted by Gasteiger charge is -2.62. The molecule has 0 spiro atoms. The third kappa shape index (κ3) is 2.59. The minimum absolute atomic E-state index is 0.00441. The highest BCUT2D eigenvalue weighted by Crippen LogP contribution is 2.71. The lowest BCUT2D eigenvalue weighted by atomic mass is 9.42. The second kappa shape index (κ2) is 6.56. The average Bonchev–Trinajstić information content (AvgIpc) is 3.24. The SMILES string of the molecule is C=C1CC(C)(c2ccccc2)[C@]1(C(=C)SC1=CC=CC1C)C1=CC=C(C)C1. The van der Waals surface area contributed by atoms with Crippen LogP contribution in [0.1, 0.15) is 39.2 Å². The van der Waals surface area contributed by atoms with Crippen molar-refractivity contribution < 1.29 is 0 Å². The fourth-order valence-electron chi connectivity index (χ4n) is 5.19. The Morgan fingerprint density at radius 2 is 1.89 bits per heavy atom. The van der Waals surface area contributed by atoms with Crippen molar-refractivity contribution in [1.82, 2.24) is 0 Å². The van der Waals surface area contributed by atoms with Crippen LogP contribution in [0.5, 0.6) is 0 Å². The van der Waals surface area contributed by atoms with E-state index in [2.05, 4.69) is 94.6 Å². The Bertz CT molecular complexity index is 924. The number of thioether (sulfide) groups is 1. The molecule has 1 fully saturated rings. The van der Waals surface area contributed by atoms with Gasteiger partial charge in [-0.2, -0.15) is 0 Å². The molecular formula is C26H28S. The van der Waals surface area contributed by atoms with Crippen molar-refractivity contribution in [2.75, 3.05) is 0 Å². The summed E-state index contributed by atoms with van der Waals surface area (Å²) in [5.74, 6) is 0.470. The van der Waals surface area contributed by atoms with Gasteiger partial charge in [-0.15, -0.1) is 0 Å². The van der Waals surface area contributed by atoms with Crippen molar-refractivity contribution >= 4 is 11.8 Å². The van der Waals surface area contributed by atoms with Crippen LogP contribution >= 0.6 is 11.8 Å². The van der Waals surface area contributed by atoms with Crippen LogP contribution in [0.4, 0.5) is 0 Å². The second-order valence-electron chi connectivity index (χ2n) is 8.38. The molecule has 0 saturated heterocycles. The Morgan fingerprint density at radius 3 is 2.44 bits per heavy atom. The molecule has 1 aromatic carbocycles. The zero-order valence-corrected chi connectivity index (χ0v) is 17.4. The van der Waals surface area contributed by atoms with Crippen LogP contribution in [-0.4, -0.2) is 0 Å². The summed E-state index contributed by atoms with van der Waals surface area (Å²) >= 11 is 1.87. The number of rotatable bonds is 5. The van der Waals surface area contributed by atoms with Gasteiger partial charge >= 0.3 is 0 Å². The highest BCUT2D eigenvalue weighted by Gasteiger charge is 2.63. The molecule has 1 aromatic rings. The molecule has 0 aromatic heterocycles. The van der Waals surface area contributed by atoms with Gasteiger partial charge in [0.15, 0.2) is 0 Å². The van der Waals surface area contributed by atoms with Crippen molar-refractivity contribution in [3.8, 4) is 0 Å². The fourth-order valence-corrected chi connectivity index (χ4v) is 6.54. The van der Waals surface area contributed by atoms with Gasteiger partial charge < -0.3 is 0 Å². The Labute approximate surface area is 168 Å². The van der Waals surface area contributed by atoms with Crippen LogP contribution < -0.4 is 0 Å². The summed E-state index contributed by atoms with van der Waals surface area (Å²) in [6, 6.07) is 10.9. The number of hydrogen-bond donors (Lipinski definition) is 0. The second-order valence-corrected chi connectivity index (χ2v) is 9.55. The molecule has 0 amide bonds. The Morgan fingerprint density at radius 1 is 1.15 bits per heavy atom. The molecule has 1 heteroatoms. The summed E-state index contributed by atoms with van der Waals surface area (Å²) in [7, 11) is 0. The largest absolute Gasteiger partial charge is 0.0986 e. The maximum absolute atomic E-state index is 4.66. The Hall–Kier alpha value is -1.99. The average molecular weight is 373 g/mol. The van der Waals surface area contributed by atoms with E-state index in [4.69, 9.17) is 0 Å². The Kier molecular flexibility index (Phi) is 4.47. The quantitative estimate of drug-likeness (QED) is 0.482. The molecule has 4 rings (SSSR count). The zero-order valence-electron chi connectivity index (χ0n) is 16.6. The first-order valence-corrected chi connectivity index (χ1v) is 10.6. The van der Waals surface area contributed by atoms with E-state index in [0.717, 1.165) is 12.8 Å². The minimum Gasteiger partial charge on any atom is -0.0986 e. The first kappa shape index (κ1) is 18.4. The fraction of sp³-hybridized carbons (Fsp3) is 0.308. The normalized spacial score (nSPS) is 32.0. The first-order chi connectivity index (χ1) is 12.9. The minimum atomic E-state index is -0.184. The smallest absolute Gasteiger partial charge is 0.0529 e. The van der Waals surface area contributed by atoms with Crippen LogP contribution in [0.3, 0.4) is 0 Å². The highest BCUT2D eigenvalue weighted by molar-refractivity contribution is 8.06. The van der Waals surface area contributed by atoms with Crippen LogP contribution in [0.15, 0.2) is 100 Å². The van der Waals surface area contributed by atoms with Crippen molar-refractivity contribution in [2.45, 2.75) is 39.0 Å². The van der Waals surface area contributed by atoms with Crippen LogP contribution in [0.25, 0.3) is 0 Å². The van der Waals surface area contributed by atoms with Gasteiger partial charge in [-0.25, -0.2) is 0 Å². The molecule has 1 saturated carbocycles. The Balaban J connectivity index is 1.79. The molecule has 0 nitrogen and oxygen atoms in total. The van der Waals surface area contributed by atoms with Gasteiger partial charge in [0, 0.05) is 11.3 Å². The lowest BCUT2D eigenvalue weighted by Crippen LogP contribution is -2.56. The van der Waals surface area contributed by atoms with E-state index in [0.29, 0.717) is 5.92 Å². The number of allylic oxidation sites excluding steroid dienone is 10. The van der Waals surface area contributed by atoms with Gasteiger partial charge in [0.05, 0.1) is 5.41 Å². The van der Waals surface area contributed by atoms with Crippen LogP contribution in [-0.2, 0) is 5.41 Å². The van der Waals surface area contributed by atoms with E-state index < -0.39 is 0 Å². The molecule has 0 bridgehead atoms. The molecule has 3 aliphatic carbocycles. The van der Waals surface area contributed by atoms with Gasteiger partial charge in [-0.05, 0) is 35.1 Å². The zero-order chi connectivity index (χ0) is 19.2. The topological polar surface area (TPSA) is 0 Å². The standard InChI is InChI=1S/C26H28S/c1-18-14-15-23(16-18)26(21(4)27-24-13-9-10-19(24)2)20(3)17-25(26,5)22-11-7-6-8-12-22/h6-15,19H,3-4,16-17H2,1-2,5H3/t19?,25?,26-/m1/s1. The predicted octanol–water partition coefficient (Wildman–Crippen LogP) is 7.50. The van der Waals surface area contributed by atoms with Gasteiger partial charge in [0.1, 0.15) is 0 Å². The predicted molar refractivity (Wildman–Crippen MR) is 120 cm³/mol.